The van der Waals surface area contributed by atoms with Gasteiger partial charge in [-0.1, -0.05) is 11.3 Å². The van der Waals surface area contributed by atoms with E-state index in [1.165, 1.54) is 49.2 Å². The third-order valence-electron chi connectivity index (χ3n) is 7.29. The number of hydrogen-bond acceptors (Lipinski definition) is 7. The predicted molar refractivity (Wildman–Crippen MR) is 133 cm³/mol. The highest BCUT2D eigenvalue weighted by Gasteiger charge is 2.25. The quantitative estimate of drug-likeness (QED) is 0.566. The summed E-state index contributed by atoms with van der Waals surface area (Å²) in [5.41, 5.74) is 1.28. The van der Waals surface area contributed by atoms with Gasteiger partial charge in [0.15, 0.2) is 0 Å². The van der Waals surface area contributed by atoms with E-state index in [0.717, 1.165) is 72.3 Å². The minimum absolute atomic E-state index is 0.147. The van der Waals surface area contributed by atoms with Crippen LogP contribution in [0.15, 0.2) is 6.20 Å². The molecule has 3 heterocycles. The van der Waals surface area contributed by atoms with Crippen LogP contribution in [-0.4, -0.2) is 53.1 Å². The van der Waals surface area contributed by atoms with Gasteiger partial charge in [-0.3, -0.25) is 4.79 Å². The smallest absolute Gasteiger partial charge is 0.273 e. The van der Waals surface area contributed by atoms with Crippen LogP contribution in [0.3, 0.4) is 0 Å². The standard InChI is InChI=1S/C25H36N4O2S2/c1-17-26-15-21(32-17)14-24(30)27-20-6-4-18(5-7-20)8-11-29-12-9-22-23(10-13-29)33-25(28-22)31-16-19-2-3-19/h15,18-20H,2-14,16H2,1H3,(H,27,30)/t18-,20-. The van der Waals surface area contributed by atoms with Gasteiger partial charge in [-0.15, -0.1) is 11.3 Å². The minimum Gasteiger partial charge on any atom is -0.470 e. The summed E-state index contributed by atoms with van der Waals surface area (Å²) in [7, 11) is 0. The molecule has 2 aliphatic carbocycles. The lowest BCUT2D eigenvalue weighted by Gasteiger charge is -2.30. The van der Waals surface area contributed by atoms with Crippen molar-refractivity contribution in [3.8, 4) is 5.19 Å². The van der Waals surface area contributed by atoms with Crippen molar-refractivity contribution in [2.75, 3.05) is 26.2 Å². The van der Waals surface area contributed by atoms with E-state index in [-0.39, 0.29) is 5.91 Å². The number of ether oxygens (including phenoxy) is 1. The molecule has 2 aromatic heterocycles. The lowest BCUT2D eigenvalue weighted by molar-refractivity contribution is -0.121. The average Bonchev–Trinajstić information content (AvgIpc) is 3.48. The number of amides is 1. The van der Waals surface area contributed by atoms with E-state index in [4.69, 9.17) is 9.72 Å². The number of aryl methyl sites for hydroxylation is 1. The Balaban J connectivity index is 0.984. The van der Waals surface area contributed by atoms with E-state index in [1.54, 1.807) is 22.7 Å². The Bertz CT molecular complexity index is 905. The molecule has 1 N–H and O–H groups in total. The zero-order valence-corrected chi connectivity index (χ0v) is 21.3. The Labute approximate surface area is 205 Å². The molecule has 6 nitrogen and oxygen atoms in total. The summed E-state index contributed by atoms with van der Waals surface area (Å²) in [6.07, 6.45) is 13.1. The second kappa shape index (κ2) is 10.8. The summed E-state index contributed by atoms with van der Waals surface area (Å²) < 4.78 is 5.91. The highest BCUT2D eigenvalue weighted by molar-refractivity contribution is 7.13. The summed E-state index contributed by atoms with van der Waals surface area (Å²) in [6, 6.07) is 0.347. The van der Waals surface area contributed by atoms with E-state index in [2.05, 4.69) is 15.2 Å². The van der Waals surface area contributed by atoms with Crippen molar-refractivity contribution in [3.05, 3.63) is 26.7 Å². The Hall–Kier alpha value is -1.51. The molecular formula is C25H36N4O2S2. The summed E-state index contributed by atoms with van der Waals surface area (Å²) in [5.74, 6) is 1.72. The van der Waals surface area contributed by atoms with Crippen LogP contribution in [0.2, 0.25) is 0 Å². The largest absolute Gasteiger partial charge is 0.470 e. The van der Waals surface area contributed by atoms with Crippen molar-refractivity contribution >= 4 is 28.6 Å². The monoisotopic (exact) mass is 488 g/mol. The number of rotatable bonds is 9. The number of nitrogens with zero attached hydrogens (tertiary/aromatic N) is 3. The van der Waals surface area contributed by atoms with Gasteiger partial charge >= 0.3 is 0 Å². The first-order valence-corrected chi connectivity index (χ1v) is 14.3. The fourth-order valence-electron chi connectivity index (χ4n) is 5.03. The minimum atomic E-state index is 0.147. The van der Waals surface area contributed by atoms with Crippen LogP contribution in [0.25, 0.3) is 0 Å². The maximum absolute atomic E-state index is 12.3. The lowest BCUT2D eigenvalue weighted by Crippen LogP contribution is -2.38. The van der Waals surface area contributed by atoms with E-state index in [0.29, 0.717) is 12.5 Å². The molecule has 2 saturated carbocycles. The van der Waals surface area contributed by atoms with Gasteiger partial charge in [0.1, 0.15) is 0 Å². The van der Waals surface area contributed by atoms with E-state index >= 15 is 0 Å². The third-order valence-corrected chi connectivity index (χ3v) is 9.27. The Morgan fingerprint density at radius 2 is 1.91 bits per heavy atom. The van der Waals surface area contributed by atoms with Gasteiger partial charge in [0.05, 0.1) is 23.7 Å². The molecule has 2 fully saturated rings. The van der Waals surface area contributed by atoms with E-state index in [1.807, 2.05) is 13.1 Å². The van der Waals surface area contributed by atoms with Gasteiger partial charge in [-0.05, 0) is 76.7 Å². The second-order valence-corrected chi connectivity index (χ2v) is 12.4. The molecule has 0 aromatic carbocycles. The van der Waals surface area contributed by atoms with Crippen molar-refractivity contribution in [1.82, 2.24) is 20.2 Å². The first-order chi connectivity index (χ1) is 16.1. The van der Waals surface area contributed by atoms with Crippen molar-refractivity contribution in [1.29, 1.82) is 0 Å². The molecule has 3 aliphatic rings. The number of thiazole rings is 2. The average molecular weight is 489 g/mol. The van der Waals surface area contributed by atoms with Crippen molar-refractivity contribution < 1.29 is 9.53 Å². The zero-order valence-electron chi connectivity index (χ0n) is 19.7. The van der Waals surface area contributed by atoms with Crippen LogP contribution in [0.5, 0.6) is 5.19 Å². The predicted octanol–water partition coefficient (Wildman–Crippen LogP) is 4.41. The number of fused-ring (bicyclic) bond motifs is 1. The molecule has 0 unspecified atom stereocenters. The topological polar surface area (TPSA) is 67.4 Å². The Morgan fingerprint density at radius 3 is 2.67 bits per heavy atom. The molecule has 2 aromatic rings. The second-order valence-electron chi connectivity index (χ2n) is 10.0. The Kier molecular flexibility index (Phi) is 7.62. The van der Waals surface area contributed by atoms with Gasteiger partial charge in [0.25, 0.3) is 5.19 Å². The SMILES string of the molecule is Cc1ncc(CC(=O)N[C@H]2CC[C@H](CCN3CCc4nc(OCC5CC5)sc4CC3)CC2)s1. The lowest BCUT2D eigenvalue weighted by atomic mass is 9.84. The van der Waals surface area contributed by atoms with Crippen LogP contribution in [0.1, 0.15) is 65.4 Å². The number of carbonyl (C=O) groups is 1. The molecule has 0 bridgehead atoms. The molecule has 0 radical (unpaired) electrons. The molecule has 180 valence electrons. The van der Waals surface area contributed by atoms with Crippen LogP contribution in [0, 0.1) is 18.8 Å². The van der Waals surface area contributed by atoms with Crippen molar-refractivity contribution in [3.63, 3.8) is 0 Å². The maximum atomic E-state index is 12.3. The van der Waals surface area contributed by atoms with Crippen molar-refractivity contribution in [2.45, 2.75) is 77.2 Å². The van der Waals surface area contributed by atoms with Gasteiger partial charge in [0, 0.05) is 41.5 Å². The van der Waals surface area contributed by atoms with Crippen LogP contribution < -0.4 is 10.1 Å². The van der Waals surface area contributed by atoms with E-state index in [9.17, 15) is 4.79 Å². The first-order valence-electron chi connectivity index (χ1n) is 12.6. The number of nitrogens with one attached hydrogen (secondary N) is 1. The number of carbonyl (C=O) groups excluding carboxylic acids is 1. The number of aromatic nitrogens is 2. The fourth-order valence-corrected chi connectivity index (χ4v) is 6.78. The van der Waals surface area contributed by atoms with E-state index < -0.39 is 0 Å². The van der Waals surface area contributed by atoms with Gasteiger partial charge < -0.3 is 15.0 Å². The van der Waals surface area contributed by atoms with Crippen molar-refractivity contribution in [2.24, 2.45) is 11.8 Å². The summed E-state index contributed by atoms with van der Waals surface area (Å²) >= 11 is 3.39. The van der Waals surface area contributed by atoms with Crippen LogP contribution in [0.4, 0.5) is 0 Å². The third kappa shape index (κ3) is 6.76. The molecule has 1 amide bonds. The molecule has 0 spiro atoms. The van der Waals surface area contributed by atoms with Gasteiger partial charge in [-0.2, -0.15) is 0 Å². The highest BCUT2D eigenvalue weighted by Crippen LogP contribution is 2.33. The summed E-state index contributed by atoms with van der Waals surface area (Å²) in [4.78, 5) is 26.5. The molecule has 1 aliphatic heterocycles. The van der Waals surface area contributed by atoms with Gasteiger partial charge in [-0.25, -0.2) is 9.97 Å². The molecule has 0 saturated heterocycles. The zero-order chi connectivity index (χ0) is 22.6. The first kappa shape index (κ1) is 23.2. The molecule has 8 heteroatoms. The Morgan fingerprint density at radius 1 is 1.12 bits per heavy atom. The molecule has 33 heavy (non-hydrogen) atoms. The molecule has 5 rings (SSSR count). The number of hydrogen-bond donors (Lipinski definition) is 1. The summed E-state index contributed by atoms with van der Waals surface area (Å²) in [6.45, 7) is 6.28. The van der Waals surface area contributed by atoms with Crippen LogP contribution in [-0.2, 0) is 24.1 Å². The molecular weight excluding hydrogens is 452 g/mol. The van der Waals surface area contributed by atoms with Gasteiger partial charge in [0.2, 0.25) is 5.91 Å². The maximum Gasteiger partial charge on any atom is 0.273 e. The highest BCUT2D eigenvalue weighted by atomic mass is 32.1. The van der Waals surface area contributed by atoms with Crippen LogP contribution >= 0.6 is 22.7 Å². The fraction of sp³-hybridized carbons (Fsp3) is 0.720. The summed E-state index contributed by atoms with van der Waals surface area (Å²) in [5, 5.41) is 5.17. The molecule has 0 atom stereocenters. The normalized spacial score (nSPS) is 23.7.